The standard InChI is InChI=1S/C13H8F4N6O2S/c14-8-3-1-7(2-4-8)11-19-12(13(15,16)17)22-23(11)9-5-6-10(21-20-9)26(18,24)25/h1-6H,(H2,18,24,25). The number of alkyl halides is 3. The number of hydrogen-bond donors (Lipinski definition) is 1. The van der Waals surface area contributed by atoms with E-state index in [0.29, 0.717) is 0 Å². The number of aromatic nitrogens is 5. The van der Waals surface area contributed by atoms with Gasteiger partial charge in [0, 0.05) is 5.56 Å². The first kappa shape index (κ1) is 17.9. The van der Waals surface area contributed by atoms with Crippen LogP contribution in [0.4, 0.5) is 17.6 Å². The van der Waals surface area contributed by atoms with Crippen molar-refractivity contribution < 1.29 is 26.0 Å². The van der Waals surface area contributed by atoms with Gasteiger partial charge in [0.25, 0.3) is 15.8 Å². The third-order valence-electron chi connectivity index (χ3n) is 3.10. The van der Waals surface area contributed by atoms with Crippen LogP contribution in [0, 0.1) is 5.82 Å². The maximum atomic E-state index is 13.1. The van der Waals surface area contributed by atoms with E-state index in [9.17, 15) is 26.0 Å². The predicted octanol–water partition coefficient (Wildman–Crippen LogP) is 1.53. The highest BCUT2D eigenvalue weighted by atomic mass is 32.2. The zero-order chi connectivity index (χ0) is 19.1. The normalized spacial score (nSPS) is 12.3. The lowest BCUT2D eigenvalue weighted by Gasteiger charge is -2.05. The van der Waals surface area contributed by atoms with Gasteiger partial charge in [-0.2, -0.15) is 17.9 Å². The minimum absolute atomic E-state index is 0.131. The number of primary sulfonamides is 1. The number of benzene rings is 1. The third-order valence-corrected chi connectivity index (χ3v) is 3.90. The van der Waals surface area contributed by atoms with Crippen molar-refractivity contribution in [3.63, 3.8) is 0 Å². The smallest absolute Gasteiger partial charge is 0.223 e. The summed E-state index contributed by atoms with van der Waals surface area (Å²) in [6.07, 6.45) is -4.84. The van der Waals surface area contributed by atoms with E-state index < -0.39 is 32.9 Å². The Morgan fingerprint density at radius 2 is 1.65 bits per heavy atom. The fourth-order valence-corrected chi connectivity index (χ4v) is 2.37. The van der Waals surface area contributed by atoms with Crippen molar-refractivity contribution in [2.75, 3.05) is 0 Å². The van der Waals surface area contributed by atoms with Crippen LogP contribution < -0.4 is 5.14 Å². The van der Waals surface area contributed by atoms with Crippen molar-refractivity contribution in [2.24, 2.45) is 5.14 Å². The highest BCUT2D eigenvalue weighted by Crippen LogP contribution is 2.30. The van der Waals surface area contributed by atoms with Crippen molar-refractivity contribution in [3.8, 4) is 17.2 Å². The number of rotatable bonds is 3. The Bertz CT molecular complexity index is 1050. The van der Waals surface area contributed by atoms with E-state index in [0.717, 1.165) is 28.9 Å². The van der Waals surface area contributed by atoms with Crippen LogP contribution in [-0.2, 0) is 16.2 Å². The lowest BCUT2D eigenvalue weighted by atomic mass is 10.2. The summed E-state index contributed by atoms with van der Waals surface area (Å²) in [5.41, 5.74) is 0.131. The van der Waals surface area contributed by atoms with Gasteiger partial charge in [-0.3, -0.25) is 0 Å². The van der Waals surface area contributed by atoms with Crippen molar-refractivity contribution in [2.45, 2.75) is 11.2 Å². The van der Waals surface area contributed by atoms with Crippen molar-refractivity contribution in [3.05, 3.63) is 48.0 Å². The quantitative estimate of drug-likeness (QED) is 0.680. The first-order chi connectivity index (χ1) is 12.1. The number of halogens is 4. The van der Waals surface area contributed by atoms with Gasteiger partial charge < -0.3 is 0 Å². The Morgan fingerprint density at radius 3 is 2.15 bits per heavy atom. The summed E-state index contributed by atoms with van der Waals surface area (Å²) in [5.74, 6) is -2.56. The van der Waals surface area contributed by atoms with Gasteiger partial charge >= 0.3 is 6.18 Å². The van der Waals surface area contributed by atoms with Crippen LogP contribution >= 0.6 is 0 Å². The van der Waals surface area contributed by atoms with E-state index >= 15 is 0 Å². The molecule has 0 amide bonds. The maximum Gasteiger partial charge on any atom is 0.453 e. The van der Waals surface area contributed by atoms with Gasteiger partial charge in [0.05, 0.1) is 0 Å². The Kier molecular flexibility index (Phi) is 4.20. The summed E-state index contributed by atoms with van der Waals surface area (Å²) < 4.78 is 75.1. The molecule has 0 aliphatic rings. The molecule has 0 fully saturated rings. The second kappa shape index (κ2) is 6.10. The van der Waals surface area contributed by atoms with Gasteiger partial charge in [-0.15, -0.1) is 15.3 Å². The fraction of sp³-hybridized carbons (Fsp3) is 0.0769. The molecule has 2 N–H and O–H groups in total. The molecule has 0 saturated carbocycles. The first-order valence-corrected chi connectivity index (χ1v) is 8.27. The van der Waals surface area contributed by atoms with Crippen LogP contribution in [0.25, 0.3) is 17.2 Å². The van der Waals surface area contributed by atoms with Crippen molar-refractivity contribution >= 4 is 10.0 Å². The molecule has 0 aliphatic heterocycles. The van der Waals surface area contributed by atoms with Crippen LogP contribution in [0.3, 0.4) is 0 Å². The van der Waals surface area contributed by atoms with Gasteiger partial charge in [0.2, 0.25) is 0 Å². The fourth-order valence-electron chi connectivity index (χ4n) is 1.96. The van der Waals surface area contributed by atoms with Crippen LogP contribution in [0.1, 0.15) is 5.82 Å². The van der Waals surface area contributed by atoms with Gasteiger partial charge in [-0.1, -0.05) is 0 Å². The minimum atomic E-state index is -4.84. The molecule has 3 rings (SSSR count). The minimum Gasteiger partial charge on any atom is -0.223 e. The van der Waals surface area contributed by atoms with Crippen molar-refractivity contribution in [1.82, 2.24) is 25.0 Å². The van der Waals surface area contributed by atoms with Gasteiger partial charge in [0.1, 0.15) is 5.82 Å². The van der Waals surface area contributed by atoms with Crippen LogP contribution in [0.2, 0.25) is 0 Å². The topological polar surface area (TPSA) is 117 Å². The monoisotopic (exact) mass is 388 g/mol. The largest absolute Gasteiger partial charge is 0.453 e. The van der Waals surface area contributed by atoms with Crippen molar-refractivity contribution in [1.29, 1.82) is 0 Å². The molecule has 26 heavy (non-hydrogen) atoms. The van der Waals surface area contributed by atoms with E-state index in [1.165, 1.54) is 12.1 Å². The highest BCUT2D eigenvalue weighted by Gasteiger charge is 2.37. The molecule has 136 valence electrons. The zero-order valence-corrected chi connectivity index (χ0v) is 13.3. The molecule has 0 radical (unpaired) electrons. The average molecular weight is 388 g/mol. The summed E-state index contributed by atoms with van der Waals surface area (Å²) in [6, 6.07) is 6.52. The van der Waals surface area contributed by atoms with Crippen LogP contribution in [0.5, 0.6) is 0 Å². The summed E-state index contributed by atoms with van der Waals surface area (Å²) in [5, 5.41) is 14.5. The molecule has 13 heteroatoms. The summed E-state index contributed by atoms with van der Waals surface area (Å²) in [6.45, 7) is 0. The molecule has 2 aromatic heterocycles. The SMILES string of the molecule is NS(=O)(=O)c1ccc(-n2nc(C(F)(F)F)nc2-c2ccc(F)cc2)nn1. The Hall–Kier alpha value is -2.93. The number of hydrogen-bond acceptors (Lipinski definition) is 6. The lowest BCUT2D eigenvalue weighted by Crippen LogP contribution is -2.15. The van der Waals surface area contributed by atoms with E-state index in [2.05, 4.69) is 20.3 Å². The number of sulfonamides is 1. The molecule has 0 atom stereocenters. The second-order valence-corrected chi connectivity index (χ2v) is 6.46. The molecule has 0 unspecified atom stereocenters. The molecule has 0 aliphatic carbocycles. The number of nitrogens with zero attached hydrogens (tertiary/aromatic N) is 5. The maximum absolute atomic E-state index is 13.1. The summed E-state index contributed by atoms with van der Waals surface area (Å²) >= 11 is 0. The summed E-state index contributed by atoms with van der Waals surface area (Å²) in [4.78, 5) is 3.42. The summed E-state index contributed by atoms with van der Waals surface area (Å²) in [7, 11) is -4.13. The van der Waals surface area contributed by atoms with E-state index in [-0.39, 0.29) is 17.2 Å². The van der Waals surface area contributed by atoms with Crippen LogP contribution in [0.15, 0.2) is 41.4 Å². The third kappa shape index (κ3) is 3.52. The molecule has 2 heterocycles. The zero-order valence-electron chi connectivity index (χ0n) is 12.5. The first-order valence-electron chi connectivity index (χ1n) is 6.73. The molecule has 3 aromatic rings. The van der Waals surface area contributed by atoms with E-state index in [1.54, 1.807) is 0 Å². The molecular weight excluding hydrogens is 380 g/mol. The Balaban J connectivity index is 2.16. The van der Waals surface area contributed by atoms with Crippen LogP contribution in [-0.4, -0.2) is 33.4 Å². The van der Waals surface area contributed by atoms with E-state index in [4.69, 9.17) is 5.14 Å². The lowest BCUT2D eigenvalue weighted by molar-refractivity contribution is -0.144. The molecule has 0 spiro atoms. The Morgan fingerprint density at radius 1 is 1.00 bits per heavy atom. The predicted molar refractivity (Wildman–Crippen MR) is 78.7 cm³/mol. The molecule has 1 aromatic carbocycles. The molecule has 0 bridgehead atoms. The molecular formula is C13H8F4N6O2S. The Labute approximate surface area is 143 Å². The second-order valence-electron chi connectivity index (χ2n) is 4.95. The average Bonchev–Trinajstić information content (AvgIpc) is 3.00. The van der Waals surface area contributed by atoms with Gasteiger partial charge in [0.15, 0.2) is 16.7 Å². The van der Waals surface area contributed by atoms with Gasteiger partial charge in [-0.25, -0.2) is 22.9 Å². The van der Waals surface area contributed by atoms with E-state index in [1.807, 2.05) is 0 Å². The molecule has 0 saturated heterocycles. The molecule has 8 nitrogen and oxygen atoms in total. The highest BCUT2D eigenvalue weighted by molar-refractivity contribution is 7.89. The number of nitrogens with two attached hydrogens (primary N) is 1. The van der Waals surface area contributed by atoms with Gasteiger partial charge in [-0.05, 0) is 36.4 Å².